The fraction of sp³-hybridized carbons (Fsp3) is 0.316. The minimum atomic E-state index is -1.88. The summed E-state index contributed by atoms with van der Waals surface area (Å²) in [5.41, 5.74) is 14.2. The third-order valence-electron chi connectivity index (χ3n) is 7.82. The maximum absolute atomic E-state index is 6.09. The van der Waals surface area contributed by atoms with Crippen LogP contribution in [0.3, 0.4) is 0 Å². The Morgan fingerprint density at radius 1 is 0.750 bits per heavy atom. The van der Waals surface area contributed by atoms with Crippen molar-refractivity contribution >= 4 is 35.4 Å². The minimum Gasteiger partial charge on any atom is -0.502 e. The Balaban J connectivity index is 0.000000202. The first-order valence-corrected chi connectivity index (χ1v) is 20.6. The van der Waals surface area contributed by atoms with Crippen LogP contribution in [0.15, 0.2) is 72.8 Å². The SMILES string of the molecule is CC(C)c1cccc([CH]=[Ru]([Cl])[Cl])c1OCc1ccccc1.Cc1cc(C)c(N2[CH-]N(c3c(C)cc(C)cc3C)CC2)c(C)c1. The number of ether oxygens (including phenoxy) is 1. The molecule has 0 atom stereocenters. The van der Waals surface area contributed by atoms with E-state index in [1.165, 1.54) is 50.3 Å². The summed E-state index contributed by atoms with van der Waals surface area (Å²) in [6, 6.07) is 25.4. The summed E-state index contributed by atoms with van der Waals surface area (Å²) in [5.74, 6) is 1.28. The number of aryl methyl sites for hydroxylation is 6. The standard InChI is InChI=1S/C21H27N2.C17H18O.2ClH.Ru/c1-14-9-16(3)20(17(4)10-14)22-7-8-23(13-22)21-18(5)11-15(2)12-19(21)6;1-13(2)16-11-7-8-14(3)17(16)18-12-15-9-5-4-6-10-15;;;/h9-13H,7-8H2,1-6H3;3-11,13H,12H2,1-2H3;2*1H;/q-1;;;;+2/p-2. The largest absolute Gasteiger partial charge is 0.502 e. The molecule has 5 rings (SSSR count). The number of hydrogen-bond acceptors (Lipinski definition) is 3. The molecule has 0 unspecified atom stereocenters. The Labute approximate surface area is 278 Å². The smallest absolute Gasteiger partial charge is 0.0146 e. The molecule has 0 aliphatic carbocycles. The van der Waals surface area contributed by atoms with Gasteiger partial charge in [0, 0.05) is 24.5 Å². The van der Waals surface area contributed by atoms with Gasteiger partial charge in [-0.05, 0) is 63.8 Å². The third-order valence-corrected chi connectivity index (χ3v) is 9.65. The monoisotopic (exact) mass is 717 g/mol. The summed E-state index contributed by atoms with van der Waals surface area (Å²) in [5, 5.41) is 0. The molecule has 6 heteroatoms. The Hall–Kier alpha value is -2.65. The molecule has 3 nitrogen and oxygen atoms in total. The van der Waals surface area contributed by atoms with Crippen LogP contribution < -0.4 is 14.5 Å². The zero-order chi connectivity index (χ0) is 32.0. The van der Waals surface area contributed by atoms with Crippen molar-refractivity contribution in [2.24, 2.45) is 0 Å². The van der Waals surface area contributed by atoms with Gasteiger partial charge >= 0.3 is 140 Å². The molecule has 0 N–H and O–H groups in total. The zero-order valence-electron chi connectivity index (χ0n) is 27.2. The maximum atomic E-state index is 6.09. The van der Waals surface area contributed by atoms with E-state index >= 15 is 0 Å². The molecule has 0 radical (unpaired) electrons. The van der Waals surface area contributed by atoms with Crippen molar-refractivity contribution in [1.82, 2.24) is 0 Å². The van der Waals surface area contributed by atoms with Crippen molar-refractivity contribution in [1.29, 1.82) is 0 Å². The molecule has 1 saturated heterocycles. The second kappa shape index (κ2) is 15.6. The molecule has 0 amide bonds. The average molecular weight is 718 g/mol. The summed E-state index contributed by atoms with van der Waals surface area (Å²) in [4.78, 5) is 4.81. The number of hydrogen-bond donors (Lipinski definition) is 0. The van der Waals surface area contributed by atoms with Crippen LogP contribution in [0.5, 0.6) is 5.75 Å². The topological polar surface area (TPSA) is 15.7 Å². The zero-order valence-corrected chi connectivity index (χ0v) is 30.4. The van der Waals surface area contributed by atoms with E-state index in [-0.39, 0.29) is 0 Å². The molecule has 0 aromatic heterocycles. The summed E-state index contributed by atoms with van der Waals surface area (Å²) in [6.45, 7) is 22.4. The van der Waals surface area contributed by atoms with Crippen molar-refractivity contribution in [2.45, 2.75) is 67.9 Å². The Kier molecular flexibility index (Phi) is 12.1. The molecule has 4 aromatic rings. The normalized spacial score (nSPS) is 13.1. The maximum Gasteiger partial charge on any atom is 0.0146 e. The molecular weight excluding hydrogens is 672 g/mol. The molecule has 1 fully saturated rings. The molecule has 0 saturated carbocycles. The van der Waals surface area contributed by atoms with Crippen molar-refractivity contribution in [2.75, 3.05) is 22.9 Å². The van der Waals surface area contributed by atoms with Crippen LogP contribution >= 0.6 is 19.4 Å². The van der Waals surface area contributed by atoms with Gasteiger partial charge < -0.3 is 9.80 Å². The molecular formula is C38H45Cl2N2ORu-. The second-order valence-electron chi connectivity index (χ2n) is 12.0. The van der Waals surface area contributed by atoms with Gasteiger partial charge in [-0.15, -0.1) is 0 Å². The summed E-state index contributed by atoms with van der Waals surface area (Å²) >= 11 is -1.88. The van der Waals surface area contributed by atoms with Crippen molar-refractivity contribution < 1.29 is 18.3 Å². The van der Waals surface area contributed by atoms with E-state index in [4.69, 9.17) is 24.1 Å². The van der Waals surface area contributed by atoms with Crippen LogP contribution in [0.25, 0.3) is 0 Å². The number of benzene rings is 4. The number of halogens is 2. The minimum absolute atomic E-state index is 0.385. The van der Waals surface area contributed by atoms with Gasteiger partial charge in [-0.25, -0.2) is 0 Å². The Morgan fingerprint density at radius 2 is 1.25 bits per heavy atom. The van der Waals surface area contributed by atoms with Crippen molar-refractivity contribution in [3.05, 3.63) is 130 Å². The predicted octanol–water partition coefficient (Wildman–Crippen LogP) is 10.4. The average Bonchev–Trinajstić information content (AvgIpc) is 3.40. The van der Waals surface area contributed by atoms with Crippen molar-refractivity contribution in [3.8, 4) is 5.75 Å². The number of para-hydroxylation sites is 1. The molecule has 1 heterocycles. The third kappa shape index (κ3) is 8.75. The molecule has 1 aliphatic heterocycles. The number of rotatable bonds is 7. The summed E-state index contributed by atoms with van der Waals surface area (Å²) in [7, 11) is 12.1. The van der Waals surface area contributed by atoms with E-state index in [2.05, 4.69) is 114 Å². The van der Waals surface area contributed by atoms with Crippen LogP contribution in [0, 0.1) is 48.2 Å². The summed E-state index contributed by atoms with van der Waals surface area (Å²) in [6.07, 6.45) is 0. The van der Waals surface area contributed by atoms with Gasteiger partial charge in [-0.3, -0.25) is 0 Å². The van der Waals surface area contributed by atoms with E-state index in [9.17, 15) is 0 Å². The Bertz CT molecular complexity index is 1500. The first-order chi connectivity index (χ1) is 20.9. The fourth-order valence-electron chi connectivity index (χ4n) is 6.18. The number of anilines is 2. The van der Waals surface area contributed by atoms with Crippen LogP contribution in [0.4, 0.5) is 11.4 Å². The first-order valence-electron chi connectivity index (χ1n) is 15.1. The van der Waals surface area contributed by atoms with Gasteiger partial charge in [-0.1, -0.05) is 35.4 Å². The van der Waals surface area contributed by atoms with Crippen molar-refractivity contribution in [3.63, 3.8) is 0 Å². The molecule has 0 spiro atoms. The van der Waals surface area contributed by atoms with E-state index < -0.39 is 13.5 Å². The molecule has 0 bridgehead atoms. The van der Waals surface area contributed by atoms with E-state index in [1.54, 1.807) is 0 Å². The van der Waals surface area contributed by atoms with Crippen LogP contribution in [-0.4, -0.2) is 17.7 Å². The molecule has 4 aromatic carbocycles. The van der Waals surface area contributed by atoms with Crippen LogP contribution in [0.2, 0.25) is 0 Å². The van der Waals surface area contributed by atoms with Crippen LogP contribution in [-0.2, 0) is 20.1 Å². The van der Waals surface area contributed by atoms with Gasteiger partial charge in [0.2, 0.25) is 0 Å². The van der Waals surface area contributed by atoms with Gasteiger partial charge in [0.05, 0.1) is 0 Å². The van der Waals surface area contributed by atoms with Gasteiger partial charge in [0.1, 0.15) is 0 Å². The number of nitrogens with zero attached hydrogens (tertiary/aromatic N) is 2. The van der Waals surface area contributed by atoms with Gasteiger partial charge in [0.25, 0.3) is 0 Å². The molecule has 44 heavy (non-hydrogen) atoms. The molecule has 236 valence electrons. The summed E-state index contributed by atoms with van der Waals surface area (Å²) < 4.78 is 8.04. The predicted molar refractivity (Wildman–Crippen MR) is 188 cm³/mol. The first kappa shape index (κ1) is 34.2. The van der Waals surface area contributed by atoms with Gasteiger partial charge in [-0.2, -0.15) is 6.67 Å². The fourth-order valence-corrected chi connectivity index (χ4v) is 7.96. The van der Waals surface area contributed by atoms with E-state index in [0.717, 1.165) is 30.0 Å². The van der Waals surface area contributed by atoms with Crippen LogP contribution in [0.1, 0.15) is 69.8 Å². The Morgan fingerprint density at radius 3 is 1.70 bits per heavy atom. The molecule has 1 aliphatic rings. The van der Waals surface area contributed by atoms with Gasteiger partial charge in [0.15, 0.2) is 0 Å². The van der Waals surface area contributed by atoms with E-state index in [0.29, 0.717) is 12.5 Å². The van der Waals surface area contributed by atoms with E-state index in [1.807, 2.05) is 34.9 Å². The quantitative estimate of drug-likeness (QED) is 0.140. The second-order valence-corrected chi connectivity index (χ2v) is 17.7.